The molecule has 30 heavy (non-hydrogen) atoms. The number of aliphatic hydroxyl groups is 1. The Hall–Kier alpha value is -3.77. The number of nitrogens with zero attached hydrogens (tertiary/aromatic N) is 1. The molecule has 0 bridgehead atoms. The normalized spacial score (nSPS) is 12.0. The van der Waals surface area contributed by atoms with Crippen LogP contribution in [-0.4, -0.2) is 14.8 Å². The lowest BCUT2D eigenvalue weighted by atomic mass is 10.0. The van der Waals surface area contributed by atoms with E-state index in [1.807, 2.05) is 42.5 Å². The number of aliphatic hydroxyl groups excluding tert-OH is 1. The summed E-state index contributed by atoms with van der Waals surface area (Å²) < 4.78 is 28.4. The maximum atomic E-state index is 13.7. The number of pyridine rings is 1. The van der Waals surface area contributed by atoms with E-state index in [1.54, 1.807) is 12.1 Å². The zero-order valence-corrected chi connectivity index (χ0v) is 15.7. The van der Waals surface area contributed by atoms with Crippen LogP contribution in [0.1, 0.15) is 17.4 Å². The van der Waals surface area contributed by atoms with Crippen molar-refractivity contribution in [1.82, 2.24) is 4.57 Å². The van der Waals surface area contributed by atoms with Crippen LogP contribution < -0.4 is 5.43 Å². The van der Waals surface area contributed by atoms with Gasteiger partial charge in [-0.05, 0) is 41.0 Å². The number of rotatable bonds is 4. The number of halogens is 2. The van der Waals surface area contributed by atoms with E-state index >= 15 is 0 Å². The molecule has 2 N–H and O–H groups in total. The lowest BCUT2D eigenvalue weighted by Crippen LogP contribution is -2.15. The number of hydrogen-bond acceptors (Lipinski definition) is 3. The summed E-state index contributed by atoms with van der Waals surface area (Å²) in [5.41, 5.74) is 1.92. The minimum atomic E-state index is -1.42. The van der Waals surface area contributed by atoms with Gasteiger partial charge in [-0.3, -0.25) is 4.79 Å². The van der Waals surface area contributed by atoms with Crippen molar-refractivity contribution >= 4 is 0 Å². The first-order valence-electron chi connectivity index (χ1n) is 9.18. The van der Waals surface area contributed by atoms with Crippen LogP contribution in [0.2, 0.25) is 0 Å². The fraction of sp³-hybridized carbons (Fsp3) is 0.0417. The Morgan fingerprint density at radius 1 is 0.800 bits per heavy atom. The Morgan fingerprint density at radius 2 is 1.53 bits per heavy atom. The molecule has 0 fully saturated rings. The fourth-order valence-electron chi connectivity index (χ4n) is 3.29. The second-order valence-electron chi connectivity index (χ2n) is 6.81. The van der Waals surface area contributed by atoms with Crippen molar-refractivity contribution in [2.45, 2.75) is 6.10 Å². The van der Waals surface area contributed by atoms with Crippen molar-refractivity contribution in [3.05, 3.63) is 118 Å². The van der Waals surface area contributed by atoms with E-state index < -0.39 is 28.9 Å². The average molecular weight is 405 g/mol. The second kappa shape index (κ2) is 7.93. The Balaban J connectivity index is 1.86. The molecule has 4 rings (SSSR count). The van der Waals surface area contributed by atoms with Gasteiger partial charge in [0.05, 0.1) is 11.9 Å². The number of aromatic hydroxyl groups is 1. The van der Waals surface area contributed by atoms with Crippen LogP contribution in [0.3, 0.4) is 0 Å². The van der Waals surface area contributed by atoms with Crippen LogP contribution in [0.5, 0.6) is 5.75 Å². The van der Waals surface area contributed by atoms with Crippen LogP contribution in [0, 0.1) is 11.6 Å². The third kappa shape index (κ3) is 3.73. The van der Waals surface area contributed by atoms with Crippen LogP contribution in [0.4, 0.5) is 8.78 Å². The van der Waals surface area contributed by atoms with Crippen molar-refractivity contribution in [3.63, 3.8) is 0 Å². The molecule has 0 aliphatic carbocycles. The van der Waals surface area contributed by atoms with Crippen molar-refractivity contribution in [1.29, 1.82) is 0 Å². The summed E-state index contributed by atoms with van der Waals surface area (Å²) in [7, 11) is 0. The Labute approximate surface area is 170 Å². The van der Waals surface area contributed by atoms with E-state index in [-0.39, 0.29) is 11.3 Å². The smallest absolute Gasteiger partial charge is 0.223 e. The average Bonchev–Trinajstić information content (AvgIpc) is 2.77. The topological polar surface area (TPSA) is 62.5 Å². The molecule has 0 amide bonds. The third-order valence-electron chi connectivity index (χ3n) is 4.83. The minimum absolute atomic E-state index is 0.0759. The molecule has 0 spiro atoms. The van der Waals surface area contributed by atoms with Gasteiger partial charge in [0.25, 0.3) is 0 Å². The molecular weight excluding hydrogens is 388 g/mol. The summed E-state index contributed by atoms with van der Waals surface area (Å²) in [6, 6.07) is 21.0. The molecule has 0 saturated heterocycles. The molecule has 1 heterocycles. The van der Waals surface area contributed by atoms with Gasteiger partial charge in [-0.25, -0.2) is 8.78 Å². The summed E-state index contributed by atoms with van der Waals surface area (Å²) in [5.74, 6) is -2.64. The summed E-state index contributed by atoms with van der Waals surface area (Å²) in [5, 5.41) is 20.8. The van der Waals surface area contributed by atoms with E-state index in [1.165, 1.54) is 16.8 Å². The molecule has 1 unspecified atom stereocenters. The summed E-state index contributed by atoms with van der Waals surface area (Å²) in [6.07, 6.45) is -0.223. The Morgan fingerprint density at radius 3 is 2.27 bits per heavy atom. The predicted molar refractivity (Wildman–Crippen MR) is 110 cm³/mol. The second-order valence-corrected chi connectivity index (χ2v) is 6.81. The highest BCUT2D eigenvalue weighted by atomic mass is 19.2. The SMILES string of the molecule is O=c1cc(C(O)c2ccc(F)c(F)c2)n(-c2cccc(-c3ccccc3)c2)cc1O. The molecule has 0 radical (unpaired) electrons. The first-order valence-corrected chi connectivity index (χ1v) is 9.18. The summed E-state index contributed by atoms with van der Waals surface area (Å²) in [6.45, 7) is 0. The van der Waals surface area contributed by atoms with Gasteiger partial charge >= 0.3 is 0 Å². The van der Waals surface area contributed by atoms with E-state index in [0.29, 0.717) is 5.69 Å². The van der Waals surface area contributed by atoms with Gasteiger partial charge in [0.2, 0.25) is 5.43 Å². The first kappa shape index (κ1) is 19.5. The van der Waals surface area contributed by atoms with Crippen LogP contribution in [0.25, 0.3) is 16.8 Å². The van der Waals surface area contributed by atoms with E-state index in [4.69, 9.17) is 0 Å². The molecule has 150 valence electrons. The molecule has 3 aromatic carbocycles. The molecule has 1 atom stereocenters. The minimum Gasteiger partial charge on any atom is -0.503 e. The Kier molecular flexibility index (Phi) is 5.16. The molecule has 6 heteroatoms. The van der Waals surface area contributed by atoms with Crippen molar-refractivity contribution in [2.24, 2.45) is 0 Å². The van der Waals surface area contributed by atoms with Crippen LogP contribution in [0.15, 0.2) is 89.9 Å². The van der Waals surface area contributed by atoms with Gasteiger partial charge < -0.3 is 14.8 Å². The number of hydrogen-bond donors (Lipinski definition) is 2. The molecule has 0 aliphatic rings. The van der Waals surface area contributed by atoms with Gasteiger partial charge in [-0.1, -0.05) is 48.5 Å². The van der Waals surface area contributed by atoms with Gasteiger partial charge in [0.15, 0.2) is 17.4 Å². The van der Waals surface area contributed by atoms with Crippen molar-refractivity contribution < 1.29 is 19.0 Å². The van der Waals surface area contributed by atoms with E-state index in [0.717, 1.165) is 29.3 Å². The third-order valence-corrected chi connectivity index (χ3v) is 4.83. The predicted octanol–water partition coefficient (Wildman–Crippen LogP) is 4.57. The monoisotopic (exact) mass is 405 g/mol. The number of aromatic nitrogens is 1. The van der Waals surface area contributed by atoms with Crippen LogP contribution in [-0.2, 0) is 0 Å². The van der Waals surface area contributed by atoms with Gasteiger partial charge in [0, 0.05) is 11.8 Å². The number of benzene rings is 3. The molecule has 0 saturated carbocycles. The molecule has 4 nitrogen and oxygen atoms in total. The fourth-order valence-corrected chi connectivity index (χ4v) is 3.29. The van der Waals surface area contributed by atoms with E-state index in [2.05, 4.69) is 0 Å². The van der Waals surface area contributed by atoms with E-state index in [9.17, 15) is 23.8 Å². The Bertz CT molecular complexity index is 1270. The molecular formula is C24H17F2NO3. The lowest BCUT2D eigenvalue weighted by Gasteiger charge is -2.19. The quantitative estimate of drug-likeness (QED) is 0.523. The summed E-state index contributed by atoms with van der Waals surface area (Å²) >= 11 is 0. The molecule has 4 aromatic rings. The van der Waals surface area contributed by atoms with Gasteiger partial charge in [-0.15, -0.1) is 0 Å². The standard InChI is InChI=1S/C24H17F2NO3/c25-19-10-9-17(12-20(19)26)24(30)21-13-22(28)23(29)14-27(21)18-8-4-7-16(11-18)15-5-2-1-3-6-15/h1-14,24,29-30H. The zero-order chi connectivity index (χ0) is 21.3. The van der Waals surface area contributed by atoms with Crippen molar-refractivity contribution in [3.8, 4) is 22.6 Å². The first-order chi connectivity index (χ1) is 14.4. The highest BCUT2D eigenvalue weighted by Gasteiger charge is 2.19. The van der Waals surface area contributed by atoms with Crippen molar-refractivity contribution in [2.75, 3.05) is 0 Å². The largest absolute Gasteiger partial charge is 0.503 e. The zero-order valence-electron chi connectivity index (χ0n) is 15.7. The summed E-state index contributed by atoms with van der Waals surface area (Å²) in [4.78, 5) is 12.1. The molecule has 1 aromatic heterocycles. The van der Waals surface area contributed by atoms with Gasteiger partial charge in [0.1, 0.15) is 6.10 Å². The highest BCUT2D eigenvalue weighted by Crippen LogP contribution is 2.28. The lowest BCUT2D eigenvalue weighted by molar-refractivity contribution is 0.211. The highest BCUT2D eigenvalue weighted by molar-refractivity contribution is 5.66. The maximum Gasteiger partial charge on any atom is 0.223 e. The molecule has 0 aliphatic heterocycles. The maximum absolute atomic E-state index is 13.7. The van der Waals surface area contributed by atoms with Gasteiger partial charge in [-0.2, -0.15) is 0 Å². The van der Waals surface area contributed by atoms with Crippen LogP contribution >= 0.6 is 0 Å².